The lowest BCUT2D eigenvalue weighted by Crippen LogP contribution is -2.30. The molecular weight excluding hydrogens is 1330 g/mol. The van der Waals surface area contributed by atoms with Crippen molar-refractivity contribution in [3.8, 4) is 0 Å². The number of carbonyl (C=O) groups excluding carboxylic acids is 4. The van der Waals surface area contributed by atoms with E-state index in [4.69, 9.17) is 37.0 Å². The van der Waals surface area contributed by atoms with E-state index >= 15 is 0 Å². The van der Waals surface area contributed by atoms with E-state index in [0.717, 1.165) is 95.8 Å². The van der Waals surface area contributed by atoms with Gasteiger partial charge in [0.25, 0.3) is 0 Å². The molecular formula is C83H162O17P2. The van der Waals surface area contributed by atoms with Crippen molar-refractivity contribution in [2.75, 3.05) is 39.6 Å². The SMILES string of the molecule is CCCCCCCCCCCCCCCCCCCCCCC(=O)O[C@H](COC(=O)CCCCCCCCCCCCCCCCCC)COP(=O)(O)OC[C@@H](O)COP(=O)(O)OC[C@@H](COC(=O)CCCCCCCCCCC(C)C)OC(=O)CCCCCCCCCCCCCCCCC. The van der Waals surface area contributed by atoms with E-state index < -0.39 is 97.5 Å². The summed E-state index contributed by atoms with van der Waals surface area (Å²) in [5, 5.41) is 10.7. The van der Waals surface area contributed by atoms with E-state index in [1.54, 1.807) is 0 Å². The molecule has 0 aliphatic carbocycles. The molecule has 0 aromatic rings. The van der Waals surface area contributed by atoms with Gasteiger partial charge >= 0.3 is 39.5 Å². The Morgan fingerprint density at radius 2 is 0.451 bits per heavy atom. The number of hydrogen-bond acceptors (Lipinski definition) is 15. The summed E-state index contributed by atoms with van der Waals surface area (Å²) in [6.45, 7) is 7.32. The van der Waals surface area contributed by atoms with Crippen LogP contribution in [0.3, 0.4) is 0 Å². The van der Waals surface area contributed by atoms with Gasteiger partial charge in [0, 0.05) is 25.7 Å². The molecule has 0 aliphatic rings. The summed E-state index contributed by atoms with van der Waals surface area (Å²) in [4.78, 5) is 73.1. The van der Waals surface area contributed by atoms with E-state index in [1.165, 1.54) is 270 Å². The molecule has 5 atom stereocenters. The standard InChI is InChI=1S/C83H162O17P2/c1-6-9-12-15-18-21-24-27-30-32-33-34-35-38-41-44-47-54-59-64-69-82(87)99-78(72-93-80(85)66-61-56-51-45-42-39-37-31-28-25-22-19-16-13-10-7-2)74-97-101(89,90)95-70-77(84)71-96-102(91,92)98-75-79(73-94-81(86)67-62-57-52-49-48-50-55-60-65-76(4)5)100-83(88)68-63-58-53-46-43-40-36-29-26-23-20-17-14-11-8-3/h76-79,84H,6-75H2,1-5H3,(H,89,90)(H,91,92)/t77-,78-,79-/m1/s1. The highest BCUT2D eigenvalue weighted by atomic mass is 31.2. The summed E-state index contributed by atoms with van der Waals surface area (Å²) >= 11 is 0. The lowest BCUT2D eigenvalue weighted by molar-refractivity contribution is -0.161. The van der Waals surface area contributed by atoms with Crippen LogP contribution in [0, 0.1) is 5.92 Å². The van der Waals surface area contributed by atoms with Crippen molar-refractivity contribution in [1.29, 1.82) is 0 Å². The molecule has 606 valence electrons. The van der Waals surface area contributed by atoms with Crippen LogP contribution >= 0.6 is 15.6 Å². The first-order valence-corrected chi connectivity index (χ1v) is 46.1. The van der Waals surface area contributed by atoms with Crippen molar-refractivity contribution < 1.29 is 80.2 Å². The summed E-state index contributed by atoms with van der Waals surface area (Å²) in [6, 6.07) is 0. The molecule has 102 heavy (non-hydrogen) atoms. The molecule has 0 aromatic carbocycles. The predicted octanol–water partition coefficient (Wildman–Crippen LogP) is 25.2. The predicted molar refractivity (Wildman–Crippen MR) is 418 cm³/mol. The molecule has 19 heteroatoms. The molecule has 0 saturated heterocycles. The minimum Gasteiger partial charge on any atom is -0.462 e. The fraction of sp³-hybridized carbons (Fsp3) is 0.952. The van der Waals surface area contributed by atoms with Gasteiger partial charge < -0.3 is 33.8 Å². The Morgan fingerprint density at radius 3 is 0.667 bits per heavy atom. The average molecular weight is 1490 g/mol. The largest absolute Gasteiger partial charge is 0.472 e. The number of ether oxygens (including phenoxy) is 4. The number of unbranched alkanes of at least 4 members (excludes halogenated alkanes) is 55. The third kappa shape index (κ3) is 76.3. The Balaban J connectivity index is 5.24. The lowest BCUT2D eigenvalue weighted by atomic mass is 10.0. The number of aliphatic hydroxyl groups is 1. The highest BCUT2D eigenvalue weighted by Gasteiger charge is 2.30. The van der Waals surface area contributed by atoms with Gasteiger partial charge in [0.05, 0.1) is 26.4 Å². The van der Waals surface area contributed by atoms with E-state index in [0.29, 0.717) is 25.7 Å². The maximum atomic E-state index is 13.1. The number of hydrogen-bond donors (Lipinski definition) is 3. The molecule has 0 saturated carbocycles. The molecule has 0 radical (unpaired) electrons. The number of esters is 4. The van der Waals surface area contributed by atoms with Crippen LogP contribution in [0.4, 0.5) is 0 Å². The first-order chi connectivity index (χ1) is 49.5. The van der Waals surface area contributed by atoms with Gasteiger partial charge in [-0.3, -0.25) is 37.3 Å². The molecule has 0 fully saturated rings. The van der Waals surface area contributed by atoms with Gasteiger partial charge in [-0.15, -0.1) is 0 Å². The molecule has 3 N–H and O–H groups in total. The summed E-state index contributed by atoms with van der Waals surface area (Å²) in [6.07, 6.45) is 68.0. The Hall–Kier alpha value is -1.94. The molecule has 0 aliphatic heterocycles. The second-order valence-corrected chi connectivity index (χ2v) is 33.3. The monoisotopic (exact) mass is 1490 g/mol. The van der Waals surface area contributed by atoms with Crippen LogP contribution in [-0.2, 0) is 65.4 Å². The van der Waals surface area contributed by atoms with E-state index in [-0.39, 0.29) is 25.7 Å². The van der Waals surface area contributed by atoms with Gasteiger partial charge in [0.2, 0.25) is 0 Å². The van der Waals surface area contributed by atoms with E-state index in [9.17, 15) is 43.2 Å². The Kier molecular flexibility index (Phi) is 74.4. The van der Waals surface area contributed by atoms with Crippen LogP contribution < -0.4 is 0 Å². The smallest absolute Gasteiger partial charge is 0.462 e. The third-order valence-corrected chi connectivity index (χ3v) is 21.4. The van der Waals surface area contributed by atoms with E-state index in [2.05, 4.69) is 34.6 Å². The quantitative estimate of drug-likeness (QED) is 0.0222. The summed E-state index contributed by atoms with van der Waals surface area (Å²) in [7, 11) is -9.92. The lowest BCUT2D eigenvalue weighted by Gasteiger charge is -2.21. The number of phosphoric acid groups is 2. The van der Waals surface area contributed by atoms with Gasteiger partial charge in [-0.05, 0) is 31.6 Å². The van der Waals surface area contributed by atoms with Crippen molar-refractivity contribution in [1.82, 2.24) is 0 Å². The van der Waals surface area contributed by atoms with Crippen molar-refractivity contribution in [3.05, 3.63) is 0 Å². The Morgan fingerprint density at radius 1 is 0.265 bits per heavy atom. The Bertz CT molecular complexity index is 1940. The van der Waals surface area contributed by atoms with Crippen molar-refractivity contribution in [2.24, 2.45) is 5.92 Å². The molecule has 0 heterocycles. The molecule has 0 bridgehead atoms. The van der Waals surface area contributed by atoms with Crippen LogP contribution in [0.25, 0.3) is 0 Å². The zero-order valence-corrected chi connectivity index (χ0v) is 68.5. The molecule has 2 unspecified atom stereocenters. The fourth-order valence-corrected chi connectivity index (χ4v) is 14.5. The molecule has 0 rings (SSSR count). The minimum absolute atomic E-state index is 0.108. The van der Waals surface area contributed by atoms with Crippen molar-refractivity contribution in [3.63, 3.8) is 0 Å². The van der Waals surface area contributed by atoms with Gasteiger partial charge in [-0.1, -0.05) is 394 Å². The summed E-state index contributed by atoms with van der Waals surface area (Å²) in [5.41, 5.74) is 0. The zero-order valence-electron chi connectivity index (χ0n) is 66.8. The van der Waals surface area contributed by atoms with Crippen LogP contribution in [0.15, 0.2) is 0 Å². The minimum atomic E-state index is -4.96. The van der Waals surface area contributed by atoms with Crippen molar-refractivity contribution in [2.45, 2.75) is 464 Å². The number of phosphoric ester groups is 2. The van der Waals surface area contributed by atoms with Crippen LogP contribution in [-0.4, -0.2) is 96.7 Å². The van der Waals surface area contributed by atoms with Crippen LogP contribution in [0.1, 0.15) is 446 Å². The van der Waals surface area contributed by atoms with Gasteiger partial charge in [0.1, 0.15) is 19.3 Å². The molecule has 0 aromatic heterocycles. The molecule has 0 spiro atoms. The first-order valence-electron chi connectivity index (χ1n) is 43.1. The summed E-state index contributed by atoms with van der Waals surface area (Å²) < 4.78 is 68.8. The number of aliphatic hydroxyl groups excluding tert-OH is 1. The van der Waals surface area contributed by atoms with E-state index in [1.807, 2.05) is 0 Å². The average Bonchev–Trinajstić information content (AvgIpc) is 0.993. The first kappa shape index (κ1) is 100. The fourth-order valence-electron chi connectivity index (χ4n) is 12.9. The molecule has 17 nitrogen and oxygen atoms in total. The van der Waals surface area contributed by atoms with Crippen LogP contribution in [0.5, 0.6) is 0 Å². The Labute approximate surface area is 626 Å². The summed E-state index contributed by atoms with van der Waals surface area (Å²) in [5.74, 6) is -1.38. The number of rotatable bonds is 83. The topological polar surface area (TPSA) is 237 Å². The third-order valence-electron chi connectivity index (χ3n) is 19.5. The van der Waals surface area contributed by atoms with Gasteiger partial charge in [-0.2, -0.15) is 0 Å². The van der Waals surface area contributed by atoms with Gasteiger partial charge in [0.15, 0.2) is 12.2 Å². The number of carbonyl (C=O) groups is 4. The van der Waals surface area contributed by atoms with Gasteiger partial charge in [-0.25, -0.2) is 9.13 Å². The maximum absolute atomic E-state index is 13.1. The maximum Gasteiger partial charge on any atom is 0.472 e. The van der Waals surface area contributed by atoms with Crippen molar-refractivity contribution >= 4 is 39.5 Å². The highest BCUT2D eigenvalue weighted by molar-refractivity contribution is 7.47. The second kappa shape index (κ2) is 75.9. The normalized spacial score (nSPS) is 13.8. The highest BCUT2D eigenvalue weighted by Crippen LogP contribution is 2.45. The second-order valence-electron chi connectivity index (χ2n) is 30.3. The molecule has 0 amide bonds. The van der Waals surface area contributed by atoms with Crippen LogP contribution in [0.2, 0.25) is 0 Å². The zero-order chi connectivity index (χ0) is 74.8.